The lowest BCUT2D eigenvalue weighted by molar-refractivity contribution is 0.0692. The second kappa shape index (κ2) is 7.33. The van der Waals surface area contributed by atoms with Crippen LogP contribution in [0.25, 0.3) is 0 Å². The van der Waals surface area contributed by atoms with Crippen LogP contribution < -0.4 is 5.32 Å². The lowest BCUT2D eigenvalue weighted by Crippen LogP contribution is -2.27. The number of aromatic nitrogens is 1. The highest BCUT2D eigenvalue weighted by atomic mass is 32.1. The van der Waals surface area contributed by atoms with Gasteiger partial charge in [0.15, 0.2) is 0 Å². The van der Waals surface area contributed by atoms with Crippen LogP contribution in [0.15, 0.2) is 10.9 Å². The summed E-state index contributed by atoms with van der Waals surface area (Å²) in [6.07, 6.45) is 0. The minimum absolute atomic E-state index is 0.161. The summed E-state index contributed by atoms with van der Waals surface area (Å²) in [7, 11) is 1.62. The Morgan fingerprint density at radius 2 is 2.40 bits per heavy atom. The number of ether oxygens (including phenoxy) is 2. The van der Waals surface area contributed by atoms with E-state index in [2.05, 4.69) is 10.3 Å². The molecule has 1 aromatic rings. The number of thiazole rings is 1. The summed E-state index contributed by atoms with van der Waals surface area (Å²) in [6.45, 7) is 2.09. The van der Waals surface area contributed by atoms with Crippen LogP contribution in [0.3, 0.4) is 0 Å². The standard InChI is InChI=1S/C9H14N2O3S/c1-13-4-5-14-3-2-10-9(12)8-6-15-7-11-8/h6-7H,2-5H2,1H3,(H,10,12). The van der Waals surface area contributed by atoms with Crippen molar-refractivity contribution in [2.45, 2.75) is 0 Å². The summed E-state index contributed by atoms with van der Waals surface area (Å²) in [5.41, 5.74) is 2.08. The number of carbonyl (C=O) groups is 1. The molecule has 0 saturated heterocycles. The first kappa shape index (κ1) is 12.1. The highest BCUT2D eigenvalue weighted by Crippen LogP contribution is 1.99. The average molecular weight is 230 g/mol. The predicted molar refractivity (Wildman–Crippen MR) is 57.1 cm³/mol. The topological polar surface area (TPSA) is 60.5 Å². The molecular formula is C9H14N2O3S. The van der Waals surface area contributed by atoms with Crippen LogP contribution in [0.4, 0.5) is 0 Å². The van der Waals surface area contributed by atoms with Gasteiger partial charge in [-0.15, -0.1) is 11.3 Å². The van der Waals surface area contributed by atoms with E-state index in [-0.39, 0.29) is 5.91 Å². The van der Waals surface area contributed by atoms with Crippen molar-refractivity contribution in [1.29, 1.82) is 0 Å². The van der Waals surface area contributed by atoms with Gasteiger partial charge in [0.05, 0.1) is 25.3 Å². The number of amides is 1. The number of hydrogen-bond donors (Lipinski definition) is 1. The zero-order chi connectivity index (χ0) is 10.9. The Morgan fingerprint density at radius 1 is 1.53 bits per heavy atom. The second-order valence-corrected chi connectivity index (χ2v) is 3.45. The summed E-state index contributed by atoms with van der Waals surface area (Å²) in [5, 5.41) is 4.41. The van der Waals surface area contributed by atoms with Crippen molar-refractivity contribution in [2.75, 3.05) is 33.5 Å². The Morgan fingerprint density at radius 3 is 3.07 bits per heavy atom. The summed E-state index contributed by atoms with van der Waals surface area (Å²) in [6, 6.07) is 0. The van der Waals surface area contributed by atoms with Gasteiger partial charge in [0.2, 0.25) is 0 Å². The molecule has 0 aliphatic heterocycles. The lowest BCUT2D eigenvalue weighted by Gasteiger charge is -2.04. The van der Waals surface area contributed by atoms with Crippen LogP contribution in [-0.2, 0) is 9.47 Å². The van der Waals surface area contributed by atoms with Crippen LogP contribution in [0.1, 0.15) is 10.5 Å². The maximum absolute atomic E-state index is 11.3. The van der Waals surface area contributed by atoms with E-state index < -0.39 is 0 Å². The normalized spacial score (nSPS) is 10.2. The van der Waals surface area contributed by atoms with Gasteiger partial charge in [-0.1, -0.05) is 0 Å². The molecule has 0 radical (unpaired) electrons. The zero-order valence-electron chi connectivity index (χ0n) is 8.56. The molecule has 0 bridgehead atoms. The van der Waals surface area contributed by atoms with Crippen LogP contribution in [0.5, 0.6) is 0 Å². The first-order valence-corrected chi connectivity index (χ1v) is 5.52. The molecular weight excluding hydrogens is 216 g/mol. The Bertz CT molecular complexity index is 277. The highest BCUT2D eigenvalue weighted by molar-refractivity contribution is 7.07. The molecule has 1 amide bonds. The molecule has 1 aromatic heterocycles. The number of nitrogens with zero attached hydrogens (tertiary/aromatic N) is 1. The summed E-state index contributed by atoms with van der Waals surface area (Å²) >= 11 is 1.40. The van der Waals surface area contributed by atoms with Crippen LogP contribution in [-0.4, -0.2) is 44.4 Å². The number of carbonyl (C=O) groups excluding carboxylic acids is 1. The average Bonchev–Trinajstić information content (AvgIpc) is 2.76. The Kier molecular flexibility index (Phi) is 5.91. The van der Waals surface area contributed by atoms with Gasteiger partial charge in [-0.05, 0) is 0 Å². The molecule has 0 aromatic carbocycles. The van der Waals surface area contributed by atoms with Crippen molar-refractivity contribution in [3.05, 3.63) is 16.6 Å². The molecule has 0 fully saturated rings. The summed E-state index contributed by atoms with van der Waals surface area (Å²) in [5.74, 6) is -0.161. The van der Waals surface area contributed by atoms with Crippen molar-refractivity contribution >= 4 is 17.2 Å². The van der Waals surface area contributed by atoms with Crippen molar-refractivity contribution in [3.8, 4) is 0 Å². The fourth-order valence-electron chi connectivity index (χ4n) is 0.896. The minimum atomic E-state index is -0.161. The number of nitrogens with one attached hydrogen (secondary N) is 1. The Hall–Kier alpha value is -0.980. The smallest absolute Gasteiger partial charge is 0.270 e. The van der Waals surface area contributed by atoms with E-state index >= 15 is 0 Å². The maximum atomic E-state index is 11.3. The van der Waals surface area contributed by atoms with E-state index in [1.54, 1.807) is 18.0 Å². The lowest BCUT2D eigenvalue weighted by atomic mass is 10.4. The van der Waals surface area contributed by atoms with E-state index in [0.29, 0.717) is 32.1 Å². The molecule has 1 heterocycles. The molecule has 0 unspecified atom stereocenters. The van der Waals surface area contributed by atoms with Gasteiger partial charge in [0.1, 0.15) is 5.69 Å². The van der Waals surface area contributed by atoms with E-state index in [4.69, 9.17) is 9.47 Å². The predicted octanol–water partition coefficient (Wildman–Crippen LogP) is 0.536. The van der Waals surface area contributed by atoms with Crippen LogP contribution in [0.2, 0.25) is 0 Å². The first-order valence-electron chi connectivity index (χ1n) is 4.57. The largest absolute Gasteiger partial charge is 0.382 e. The fraction of sp³-hybridized carbons (Fsp3) is 0.556. The van der Waals surface area contributed by atoms with Gasteiger partial charge < -0.3 is 14.8 Å². The van der Waals surface area contributed by atoms with Crippen molar-refractivity contribution in [1.82, 2.24) is 10.3 Å². The number of methoxy groups -OCH3 is 1. The zero-order valence-corrected chi connectivity index (χ0v) is 9.38. The van der Waals surface area contributed by atoms with Gasteiger partial charge in [-0.2, -0.15) is 0 Å². The summed E-state index contributed by atoms with van der Waals surface area (Å²) < 4.78 is 9.99. The van der Waals surface area contributed by atoms with Crippen LogP contribution in [0, 0.1) is 0 Å². The number of rotatable bonds is 7. The van der Waals surface area contributed by atoms with E-state index in [1.165, 1.54) is 11.3 Å². The van der Waals surface area contributed by atoms with Crippen molar-refractivity contribution in [2.24, 2.45) is 0 Å². The highest BCUT2D eigenvalue weighted by Gasteiger charge is 2.05. The third-order valence-corrected chi connectivity index (χ3v) is 2.22. The quantitative estimate of drug-likeness (QED) is 0.694. The molecule has 1 N–H and O–H groups in total. The molecule has 6 heteroatoms. The van der Waals surface area contributed by atoms with Gasteiger partial charge in [-0.25, -0.2) is 4.98 Å². The van der Waals surface area contributed by atoms with E-state index in [0.717, 1.165) is 0 Å². The van der Waals surface area contributed by atoms with E-state index in [9.17, 15) is 4.79 Å². The monoisotopic (exact) mass is 230 g/mol. The molecule has 84 valence electrons. The third kappa shape index (κ3) is 4.87. The molecule has 0 atom stereocenters. The molecule has 0 aliphatic rings. The molecule has 0 aliphatic carbocycles. The molecule has 15 heavy (non-hydrogen) atoms. The molecule has 0 spiro atoms. The molecule has 5 nitrogen and oxygen atoms in total. The second-order valence-electron chi connectivity index (χ2n) is 2.73. The number of hydrogen-bond acceptors (Lipinski definition) is 5. The Labute approximate surface area is 92.4 Å². The van der Waals surface area contributed by atoms with Crippen molar-refractivity contribution in [3.63, 3.8) is 0 Å². The SMILES string of the molecule is COCCOCCNC(=O)c1cscn1. The van der Waals surface area contributed by atoms with Crippen LogP contribution >= 0.6 is 11.3 Å². The molecule has 0 saturated carbocycles. The van der Waals surface area contributed by atoms with Gasteiger partial charge in [0, 0.05) is 19.0 Å². The van der Waals surface area contributed by atoms with Gasteiger partial charge >= 0.3 is 0 Å². The van der Waals surface area contributed by atoms with Gasteiger partial charge in [-0.3, -0.25) is 4.79 Å². The Balaban J connectivity index is 2.03. The van der Waals surface area contributed by atoms with Crippen molar-refractivity contribution < 1.29 is 14.3 Å². The molecule has 1 rings (SSSR count). The first-order chi connectivity index (χ1) is 7.34. The third-order valence-electron chi connectivity index (χ3n) is 1.63. The summed E-state index contributed by atoms with van der Waals surface area (Å²) in [4.78, 5) is 15.2. The minimum Gasteiger partial charge on any atom is -0.382 e. The maximum Gasteiger partial charge on any atom is 0.270 e. The van der Waals surface area contributed by atoms with Gasteiger partial charge in [0.25, 0.3) is 5.91 Å². The van der Waals surface area contributed by atoms with E-state index in [1.807, 2.05) is 0 Å². The fourth-order valence-corrected chi connectivity index (χ4v) is 1.43.